The summed E-state index contributed by atoms with van der Waals surface area (Å²) < 4.78 is 5.30. The van der Waals surface area contributed by atoms with Gasteiger partial charge in [-0.1, -0.05) is 25.8 Å². The number of pyridine rings is 1. The molecule has 1 aromatic rings. The van der Waals surface area contributed by atoms with Crippen LogP contribution >= 0.6 is 0 Å². The molecule has 1 rings (SSSR count). The van der Waals surface area contributed by atoms with Gasteiger partial charge in [0.25, 0.3) is 0 Å². The van der Waals surface area contributed by atoms with Crippen molar-refractivity contribution in [3.8, 4) is 0 Å². The van der Waals surface area contributed by atoms with Crippen molar-refractivity contribution in [3.63, 3.8) is 0 Å². The number of nitrogens with one attached hydrogen (secondary N) is 2. The molecule has 8 nitrogen and oxygen atoms in total. The molecule has 0 aliphatic carbocycles. The molecule has 2 amide bonds. The SMILES string of the molecule is CCCCC(NC(=O)OC(C)(C)C)C(=O)NCc1cccc(CN(C)CCN(C)C)n1. The number of unbranched alkanes of at least 4 members (excludes halogenated alkanes) is 1. The number of aromatic nitrogens is 1. The summed E-state index contributed by atoms with van der Waals surface area (Å²) in [5, 5.41) is 5.61. The first-order valence-corrected chi connectivity index (χ1v) is 11.1. The Labute approximate surface area is 187 Å². The number of alkyl carbamates (subject to hydrolysis) is 1. The van der Waals surface area contributed by atoms with Gasteiger partial charge in [0.15, 0.2) is 0 Å². The average molecular weight is 436 g/mol. The van der Waals surface area contributed by atoms with Crippen LogP contribution in [-0.2, 0) is 22.6 Å². The van der Waals surface area contributed by atoms with Crippen molar-refractivity contribution in [2.45, 2.75) is 71.7 Å². The zero-order valence-electron chi connectivity index (χ0n) is 20.3. The van der Waals surface area contributed by atoms with E-state index in [1.165, 1.54) is 0 Å². The molecule has 0 aliphatic rings. The third-order valence-corrected chi connectivity index (χ3v) is 4.52. The maximum atomic E-state index is 12.7. The van der Waals surface area contributed by atoms with Gasteiger partial charge in [-0.15, -0.1) is 0 Å². The maximum Gasteiger partial charge on any atom is 0.408 e. The second-order valence-electron chi connectivity index (χ2n) is 9.22. The lowest BCUT2D eigenvalue weighted by Gasteiger charge is -2.23. The van der Waals surface area contributed by atoms with Gasteiger partial charge >= 0.3 is 6.09 Å². The van der Waals surface area contributed by atoms with Crippen LogP contribution in [0.1, 0.15) is 58.3 Å². The molecule has 0 aromatic carbocycles. The Bertz CT molecular complexity index is 688. The lowest BCUT2D eigenvalue weighted by atomic mass is 10.1. The monoisotopic (exact) mass is 435 g/mol. The first kappa shape index (κ1) is 26.8. The van der Waals surface area contributed by atoms with Crippen LogP contribution in [-0.4, -0.2) is 72.7 Å². The molecule has 0 saturated heterocycles. The molecule has 31 heavy (non-hydrogen) atoms. The molecule has 1 unspecified atom stereocenters. The highest BCUT2D eigenvalue weighted by molar-refractivity contribution is 5.85. The van der Waals surface area contributed by atoms with Gasteiger partial charge < -0.3 is 20.3 Å². The van der Waals surface area contributed by atoms with E-state index >= 15 is 0 Å². The van der Waals surface area contributed by atoms with Crippen molar-refractivity contribution in [2.24, 2.45) is 0 Å². The van der Waals surface area contributed by atoms with E-state index in [0.717, 1.165) is 43.9 Å². The zero-order valence-corrected chi connectivity index (χ0v) is 20.3. The predicted molar refractivity (Wildman–Crippen MR) is 124 cm³/mol. The van der Waals surface area contributed by atoms with Crippen molar-refractivity contribution < 1.29 is 14.3 Å². The molecule has 1 aromatic heterocycles. The summed E-state index contributed by atoms with van der Waals surface area (Å²) in [6.45, 7) is 10.4. The fraction of sp³-hybridized carbons (Fsp3) is 0.696. The largest absolute Gasteiger partial charge is 0.444 e. The normalized spacial score (nSPS) is 12.7. The third kappa shape index (κ3) is 12.3. The lowest BCUT2D eigenvalue weighted by molar-refractivity contribution is -0.123. The molecule has 0 saturated carbocycles. The predicted octanol–water partition coefficient (Wildman–Crippen LogP) is 2.77. The summed E-state index contributed by atoms with van der Waals surface area (Å²) in [7, 11) is 6.18. The van der Waals surface area contributed by atoms with E-state index in [-0.39, 0.29) is 5.91 Å². The van der Waals surface area contributed by atoms with Crippen LogP contribution in [0.15, 0.2) is 18.2 Å². The maximum absolute atomic E-state index is 12.7. The summed E-state index contributed by atoms with van der Waals surface area (Å²) in [4.78, 5) is 33.9. The van der Waals surface area contributed by atoms with Crippen LogP contribution in [0.4, 0.5) is 4.79 Å². The fourth-order valence-electron chi connectivity index (χ4n) is 2.87. The Kier molecular flexibility index (Phi) is 11.5. The Morgan fingerprint density at radius 3 is 2.42 bits per heavy atom. The molecule has 0 bridgehead atoms. The number of hydrogen-bond donors (Lipinski definition) is 2. The van der Waals surface area contributed by atoms with Crippen molar-refractivity contribution in [1.82, 2.24) is 25.4 Å². The van der Waals surface area contributed by atoms with Crippen LogP contribution in [0.5, 0.6) is 0 Å². The van der Waals surface area contributed by atoms with Gasteiger partial charge in [0.05, 0.1) is 17.9 Å². The van der Waals surface area contributed by atoms with E-state index in [9.17, 15) is 9.59 Å². The van der Waals surface area contributed by atoms with E-state index in [1.54, 1.807) is 20.8 Å². The molecule has 0 aliphatic heterocycles. The first-order valence-electron chi connectivity index (χ1n) is 11.1. The number of likely N-dealkylation sites (N-methyl/N-ethyl adjacent to an activating group) is 2. The number of rotatable bonds is 12. The summed E-state index contributed by atoms with van der Waals surface area (Å²) in [6, 6.07) is 5.21. The minimum absolute atomic E-state index is 0.227. The van der Waals surface area contributed by atoms with Crippen LogP contribution in [0.2, 0.25) is 0 Å². The van der Waals surface area contributed by atoms with Gasteiger partial charge in [0.2, 0.25) is 5.91 Å². The van der Waals surface area contributed by atoms with Gasteiger partial charge in [-0.05, 0) is 60.5 Å². The molecular formula is C23H41N5O3. The van der Waals surface area contributed by atoms with E-state index < -0.39 is 17.7 Å². The van der Waals surface area contributed by atoms with E-state index in [2.05, 4.69) is 46.6 Å². The van der Waals surface area contributed by atoms with Crippen LogP contribution in [0, 0.1) is 0 Å². The summed E-state index contributed by atoms with van der Waals surface area (Å²) >= 11 is 0. The number of ether oxygens (including phenoxy) is 1. The van der Waals surface area contributed by atoms with Crippen LogP contribution < -0.4 is 10.6 Å². The van der Waals surface area contributed by atoms with Crippen molar-refractivity contribution in [1.29, 1.82) is 0 Å². The van der Waals surface area contributed by atoms with Gasteiger partial charge in [0.1, 0.15) is 11.6 Å². The standard InChI is InChI=1S/C23H41N5O3/c1-8-9-13-20(26-22(30)31-23(2,3)4)21(29)24-16-18-11-10-12-19(25-18)17-28(7)15-14-27(5)6/h10-12,20H,8-9,13-17H2,1-7H3,(H,24,29)(H,26,30). The van der Waals surface area contributed by atoms with E-state index in [0.29, 0.717) is 13.0 Å². The number of carbonyl (C=O) groups is 2. The zero-order chi connectivity index (χ0) is 23.4. The molecule has 1 atom stereocenters. The van der Waals surface area contributed by atoms with E-state index in [1.807, 2.05) is 25.1 Å². The number of nitrogens with zero attached hydrogens (tertiary/aromatic N) is 3. The van der Waals surface area contributed by atoms with Crippen LogP contribution in [0.3, 0.4) is 0 Å². The van der Waals surface area contributed by atoms with Gasteiger partial charge in [-0.2, -0.15) is 0 Å². The van der Waals surface area contributed by atoms with Gasteiger partial charge in [-0.3, -0.25) is 14.7 Å². The number of hydrogen-bond acceptors (Lipinski definition) is 6. The third-order valence-electron chi connectivity index (χ3n) is 4.52. The highest BCUT2D eigenvalue weighted by Gasteiger charge is 2.23. The fourth-order valence-corrected chi connectivity index (χ4v) is 2.87. The second kappa shape index (κ2) is 13.3. The Morgan fingerprint density at radius 2 is 1.81 bits per heavy atom. The quantitative estimate of drug-likeness (QED) is 0.525. The topological polar surface area (TPSA) is 86.8 Å². The molecule has 176 valence electrons. The minimum atomic E-state index is -0.629. The van der Waals surface area contributed by atoms with Crippen LogP contribution in [0.25, 0.3) is 0 Å². The minimum Gasteiger partial charge on any atom is -0.444 e. The molecule has 2 N–H and O–H groups in total. The molecule has 0 spiro atoms. The smallest absolute Gasteiger partial charge is 0.408 e. The summed E-state index contributed by atoms with van der Waals surface area (Å²) in [5.41, 5.74) is 1.14. The average Bonchev–Trinajstić information content (AvgIpc) is 2.66. The molecule has 0 fully saturated rings. The second-order valence-corrected chi connectivity index (χ2v) is 9.22. The molecular weight excluding hydrogens is 394 g/mol. The highest BCUT2D eigenvalue weighted by atomic mass is 16.6. The Morgan fingerprint density at radius 1 is 1.13 bits per heavy atom. The first-order chi connectivity index (χ1) is 14.5. The summed E-state index contributed by atoms with van der Waals surface area (Å²) in [6.07, 6.45) is 1.75. The molecule has 8 heteroatoms. The Hall–Kier alpha value is -2.19. The molecule has 0 radical (unpaired) electrons. The Balaban J connectivity index is 2.64. The number of carbonyl (C=O) groups excluding carboxylic acids is 2. The number of amides is 2. The lowest BCUT2D eigenvalue weighted by Crippen LogP contribution is -2.48. The molecule has 1 heterocycles. The van der Waals surface area contributed by atoms with Crippen molar-refractivity contribution in [3.05, 3.63) is 29.6 Å². The van der Waals surface area contributed by atoms with Gasteiger partial charge in [0, 0.05) is 19.6 Å². The van der Waals surface area contributed by atoms with E-state index in [4.69, 9.17) is 4.74 Å². The summed E-state index contributed by atoms with van der Waals surface area (Å²) in [5.74, 6) is -0.227. The van der Waals surface area contributed by atoms with Crippen molar-refractivity contribution in [2.75, 3.05) is 34.2 Å². The highest BCUT2D eigenvalue weighted by Crippen LogP contribution is 2.09. The van der Waals surface area contributed by atoms with Crippen molar-refractivity contribution >= 4 is 12.0 Å². The van der Waals surface area contributed by atoms with Gasteiger partial charge in [-0.25, -0.2) is 4.79 Å².